The van der Waals surface area contributed by atoms with Gasteiger partial charge < -0.3 is 0 Å². The summed E-state index contributed by atoms with van der Waals surface area (Å²) in [7, 11) is 0. The van der Waals surface area contributed by atoms with Crippen LogP contribution < -0.4 is 0 Å². The molecule has 4 heteroatoms. The Labute approximate surface area is 384 Å². The lowest BCUT2D eigenvalue weighted by Crippen LogP contribution is -2.02. The maximum atomic E-state index is 5.42. The van der Waals surface area contributed by atoms with E-state index in [4.69, 9.17) is 9.97 Å². The van der Waals surface area contributed by atoms with Gasteiger partial charge in [-0.1, -0.05) is 170 Å². The number of thiophene rings is 1. The standard InChI is InChI=1S/C62H37N3S/c1-3-15-39(16-4-1)56-37-61(64-62(63-56)40-17-5-2-6-18-40)65-57-30-27-43(45-24-13-19-38-14-7-8-20-44(38)45)34-53(57)54-35-51-50-32-41(42-28-31-60-55(33-42)49-23-11-12-25-59(49)66-60)26-29-48(50)46-21-9-10-22-47(46)52(51)36-58(54)65/h1-37H. The van der Waals surface area contributed by atoms with E-state index < -0.39 is 0 Å². The molecule has 306 valence electrons. The Hall–Kier alpha value is -8.44. The van der Waals surface area contributed by atoms with Crippen LogP contribution in [0.3, 0.4) is 0 Å². The van der Waals surface area contributed by atoms with Gasteiger partial charge in [-0.25, -0.2) is 9.97 Å². The highest BCUT2D eigenvalue weighted by Gasteiger charge is 2.21. The lowest BCUT2D eigenvalue weighted by atomic mass is 9.91. The predicted octanol–water partition coefficient (Wildman–Crippen LogP) is 17.2. The van der Waals surface area contributed by atoms with Gasteiger partial charge in [-0.15, -0.1) is 11.3 Å². The van der Waals surface area contributed by atoms with Crippen molar-refractivity contribution in [3.63, 3.8) is 0 Å². The molecular weight excluding hydrogens is 819 g/mol. The molecule has 0 saturated carbocycles. The number of nitrogens with zero attached hydrogens (tertiary/aromatic N) is 3. The van der Waals surface area contributed by atoms with Crippen LogP contribution in [-0.4, -0.2) is 14.5 Å². The molecule has 66 heavy (non-hydrogen) atoms. The summed E-state index contributed by atoms with van der Waals surface area (Å²) in [5, 5.41) is 14.8. The second kappa shape index (κ2) is 14.5. The zero-order chi connectivity index (χ0) is 43.3. The molecule has 0 aliphatic carbocycles. The smallest absolute Gasteiger partial charge is 0.162 e. The molecule has 0 fully saturated rings. The first-order valence-corrected chi connectivity index (χ1v) is 23.3. The summed E-state index contributed by atoms with van der Waals surface area (Å²) in [6, 6.07) is 81.8. The highest BCUT2D eigenvalue weighted by Crippen LogP contribution is 2.44. The van der Waals surface area contributed by atoms with Crippen LogP contribution in [0, 0.1) is 0 Å². The fraction of sp³-hybridized carbons (Fsp3) is 0. The summed E-state index contributed by atoms with van der Waals surface area (Å²) in [6.45, 7) is 0. The van der Waals surface area contributed by atoms with Crippen LogP contribution in [0.1, 0.15) is 0 Å². The van der Waals surface area contributed by atoms with E-state index in [9.17, 15) is 0 Å². The second-order valence-electron chi connectivity index (χ2n) is 17.3. The second-order valence-corrected chi connectivity index (χ2v) is 18.4. The van der Waals surface area contributed by atoms with E-state index >= 15 is 0 Å². The Morgan fingerprint density at radius 2 is 0.879 bits per heavy atom. The topological polar surface area (TPSA) is 30.7 Å². The molecule has 3 nitrogen and oxygen atoms in total. The molecule has 0 spiro atoms. The van der Waals surface area contributed by atoms with Crippen molar-refractivity contribution in [1.29, 1.82) is 0 Å². The summed E-state index contributed by atoms with van der Waals surface area (Å²) in [6.07, 6.45) is 0. The molecule has 11 aromatic carbocycles. The molecule has 0 aliphatic rings. The van der Waals surface area contributed by atoms with Gasteiger partial charge in [0, 0.05) is 48.1 Å². The van der Waals surface area contributed by atoms with Crippen LogP contribution in [0.2, 0.25) is 0 Å². The molecule has 14 aromatic rings. The lowest BCUT2D eigenvalue weighted by molar-refractivity contribution is 1.05. The normalized spacial score (nSPS) is 11.9. The third kappa shape index (κ3) is 5.75. The Kier molecular flexibility index (Phi) is 8.15. The monoisotopic (exact) mass is 855 g/mol. The molecule has 0 unspecified atom stereocenters. The fourth-order valence-electron chi connectivity index (χ4n) is 10.5. The van der Waals surface area contributed by atoms with Crippen LogP contribution >= 0.6 is 11.3 Å². The van der Waals surface area contributed by atoms with E-state index in [2.05, 4.69) is 223 Å². The Morgan fingerprint density at radius 3 is 1.71 bits per heavy atom. The van der Waals surface area contributed by atoms with Crippen molar-refractivity contribution in [2.75, 3.05) is 0 Å². The first-order chi connectivity index (χ1) is 32.7. The molecule has 0 atom stereocenters. The highest BCUT2D eigenvalue weighted by atomic mass is 32.1. The highest BCUT2D eigenvalue weighted by molar-refractivity contribution is 7.25. The van der Waals surface area contributed by atoms with Crippen molar-refractivity contribution >= 4 is 96.4 Å². The van der Waals surface area contributed by atoms with Crippen molar-refractivity contribution in [3.8, 4) is 50.7 Å². The molecule has 3 aromatic heterocycles. The molecule has 0 aliphatic heterocycles. The largest absolute Gasteiger partial charge is 0.294 e. The van der Waals surface area contributed by atoms with E-state index in [1.807, 2.05) is 17.4 Å². The van der Waals surface area contributed by atoms with Gasteiger partial charge in [0.2, 0.25) is 0 Å². The number of aromatic nitrogens is 3. The minimum Gasteiger partial charge on any atom is -0.294 e. The van der Waals surface area contributed by atoms with Crippen LogP contribution in [0.4, 0.5) is 0 Å². The number of fused-ring (bicyclic) bond motifs is 13. The average molecular weight is 856 g/mol. The third-order valence-electron chi connectivity index (χ3n) is 13.6. The fourth-order valence-corrected chi connectivity index (χ4v) is 11.6. The van der Waals surface area contributed by atoms with Crippen LogP contribution in [0.5, 0.6) is 0 Å². The number of hydrogen-bond donors (Lipinski definition) is 0. The molecule has 3 heterocycles. The zero-order valence-electron chi connectivity index (χ0n) is 35.6. The minimum atomic E-state index is 0.688. The van der Waals surface area contributed by atoms with E-state index in [0.717, 1.165) is 33.7 Å². The molecule has 14 rings (SSSR count). The summed E-state index contributed by atoms with van der Waals surface area (Å²) >= 11 is 1.86. The van der Waals surface area contributed by atoms with Crippen molar-refractivity contribution in [3.05, 3.63) is 224 Å². The zero-order valence-corrected chi connectivity index (χ0v) is 36.4. The van der Waals surface area contributed by atoms with Crippen LogP contribution in [-0.2, 0) is 0 Å². The lowest BCUT2D eigenvalue weighted by Gasteiger charge is -2.14. The van der Waals surface area contributed by atoms with Gasteiger partial charge in [-0.05, 0) is 114 Å². The quantitative estimate of drug-likeness (QED) is 0.162. The molecule has 0 amide bonds. The van der Waals surface area contributed by atoms with Gasteiger partial charge in [-0.3, -0.25) is 4.57 Å². The molecule has 0 N–H and O–H groups in total. The van der Waals surface area contributed by atoms with Gasteiger partial charge >= 0.3 is 0 Å². The van der Waals surface area contributed by atoms with E-state index in [1.165, 1.54) is 96.3 Å². The number of rotatable bonds is 5. The molecule has 0 bridgehead atoms. The van der Waals surface area contributed by atoms with Crippen molar-refractivity contribution in [1.82, 2.24) is 14.5 Å². The minimum absolute atomic E-state index is 0.688. The van der Waals surface area contributed by atoms with Gasteiger partial charge in [0.15, 0.2) is 5.82 Å². The first kappa shape index (κ1) is 37.0. The van der Waals surface area contributed by atoms with Crippen LogP contribution in [0.15, 0.2) is 224 Å². The van der Waals surface area contributed by atoms with Crippen molar-refractivity contribution in [2.24, 2.45) is 0 Å². The summed E-state index contributed by atoms with van der Waals surface area (Å²) in [4.78, 5) is 10.6. The van der Waals surface area contributed by atoms with Crippen molar-refractivity contribution < 1.29 is 0 Å². The van der Waals surface area contributed by atoms with Gasteiger partial charge in [0.25, 0.3) is 0 Å². The third-order valence-corrected chi connectivity index (χ3v) is 14.7. The summed E-state index contributed by atoms with van der Waals surface area (Å²) in [5.74, 6) is 1.51. The number of benzene rings is 11. The van der Waals surface area contributed by atoms with Gasteiger partial charge in [-0.2, -0.15) is 0 Å². The molecule has 0 saturated heterocycles. The average Bonchev–Trinajstić information content (AvgIpc) is 3.93. The maximum absolute atomic E-state index is 5.42. The Bertz CT molecular complexity index is 4220. The summed E-state index contributed by atoms with van der Waals surface area (Å²) < 4.78 is 5.00. The molecule has 0 radical (unpaired) electrons. The van der Waals surface area contributed by atoms with E-state index in [0.29, 0.717) is 5.82 Å². The maximum Gasteiger partial charge on any atom is 0.162 e. The van der Waals surface area contributed by atoms with E-state index in [1.54, 1.807) is 0 Å². The SMILES string of the molecule is c1ccc(-c2cc(-n3c4ccc(-c5cccc6ccccc56)cc4c4cc5c6cc(-c7ccc8sc9ccccc9c8c7)ccc6c6ccccc6c5cc43)nc(-c3ccccc3)n2)cc1. The van der Waals surface area contributed by atoms with E-state index in [-0.39, 0.29) is 0 Å². The van der Waals surface area contributed by atoms with Crippen molar-refractivity contribution in [2.45, 2.75) is 0 Å². The van der Waals surface area contributed by atoms with Crippen LogP contribution in [0.25, 0.3) is 136 Å². The van der Waals surface area contributed by atoms with Gasteiger partial charge in [0.05, 0.1) is 16.7 Å². The number of hydrogen-bond acceptors (Lipinski definition) is 3. The Morgan fingerprint density at radius 1 is 0.303 bits per heavy atom. The van der Waals surface area contributed by atoms with Gasteiger partial charge in [0.1, 0.15) is 5.82 Å². The molecular formula is C62H37N3S. The Balaban J connectivity index is 1.09. The first-order valence-electron chi connectivity index (χ1n) is 22.5. The predicted molar refractivity (Wildman–Crippen MR) is 281 cm³/mol. The summed E-state index contributed by atoms with van der Waals surface area (Å²) in [5.41, 5.74) is 9.90.